The molecule has 0 radical (unpaired) electrons. The Morgan fingerprint density at radius 1 is 1.33 bits per heavy atom. The van der Waals surface area contributed by atoms with Gasteiger partial charge >= 0.3 is 0 Å². The summed E-state index contributed by atoms with van der Waals surface area (Å²) < 4.78 is 0. The lowest BCUT2D eigenvalue weighted by Gasteiger charge is -2.06. The zero-order valence-electron chi connectivity index (χ0n) is 9.79. The van der Waals surface area contributed by atoms with Crippen molar-refractivity contribution in [3.63, 3.8) is 0 Å². The van der Waals surface area contributed by atoms with Crippen LogP contribution in [0.3, 0.4) is 0 Å². The second kappa shape index (κ2) is 4.80. The standard InChI is InChI=1S/C14H21N/c1-3-6-12-9-14(12)15-10-13-8-5-4-7-11(13)2/h4-5,7-8,12,14-15H,3,6,9-10H2,1-2H3. The molecule has 1 heteroatoms. The van der Waals surface area contributed by atoms with E-state index in [1.165, 1.54) is 30.4 Å². The molecule has 0 saturated heterocycles. The molecule has 0 spiro atoms. The van der Waals surface area contributed by atoms with E-state index in [0.717, 1.165) is 18.5 Å². The molecule has 1 fully saturated rings. The molecule has 1 aromatic rings. The highest BCUT2D eigenvalue weighted by molar-refractivity contribution is 5.25. The molecular formula is C14H21N. The van der Waals surface area contributed by atoms with Crippen LogP contribution in [0, 0.1) is 12.8 Å². The van der Waals surface area contributed by atoms with Crippen molar-refractivity contribution in [2.24, 2.45) is 5.92 Å². The van der Waals surface area contributed by atoms with Gasteiger partial charge in [-0.1, -0.05) is 37.6 Å². The SMILES string of the molecule is CCCC1CC1NCc1ccccc1C. The summed E-state index contributed by atoms with van der Waals surface area (Å²) in [6, 6.07) is 9.44. The summed E-state index contributed by atoms with van der Waals surface area (Å²) in [4.78, 5) is 0. The number of hydrogen-bond acceptors (Lipinski definition) is 1. The summed E-state index contributed by atoms with van der Waals surface area (Å²) in [7, 11) is 0. The second-order valence-corrected chi connectivity index (χ2v) is 4.70. The van der Waals surface area contributed by atoms with Crippen LogP contribution in [0.5, 0.6) is 0 Å². The molecule has 15 heavy (non-hydrogen) atoms. The van der Waals surface area contributed by atoms with Crippen molar-refractivity contribution in [2.75, 3.05) is 0 Å². The third kappa shape index (κ3) is 2.82. The van der Waals surface area contributed by atoms with Crippen LogP contribution in [0.4, 0.5) is 0 Å². The molecule has 0 amide bonds. The van der Waals surface area contributed by atoms with E-state index >= 15 is 0 Å². The fourth-order valence-corrected chi connectivity index (χ4v) is 2.24. The van der Waals surface area contributed by atoms with E-state index in [9.17, 15) is 0 Å². The molecule has 1 aromatic carbocycles. The fraction of sp³-hybridized carbons (Fsp3) is 0.571. The summed E-state index contributed by atoms with van der Waals surface area (Å²) in [6.45, 7) is 5.50. The molecule has 0 heterocycles. The lowest BCUT2D eigenvalue weighted by molar-refractivity contribution is 0.598. The average Bonchev–Trinajstić information content (AvgIpc) is 2.96. The molecule has 1 N–H and O–H groups in total. The molecule has 0 aromatic heterocycles. The van der Waals surface area contributed by atoms with Crippen molar-refractivity contribution in [3.8, 4) is 0 Å². The quantitative estimate of drug-likeness (QED) is 0.774. The van der Waals surface area contributed by atoms with Gasteiger partial charge in [0.25, 0.3) is 0 Å². The first-order chi connectivity index (χ1) is 7.31. The average molecular weight is 203 g/mol. The number of benzene rings is 1. The molecule has 82 valence electrons. The first kappa shape index (κ1) is 10.7. The van der Waals surface area contributed by atoms with Gasteiger partial charge in [0.05, 0.1) is 0 Å². The molecule has 0 bridgehead atoms. The van der Waals surface area contributed by atoms with Gasteiger partial charge in [-0.3, -0.25) is 0 Å². The van der Waals surface area contributed by atoms with Crippen LogP contribution in [0.25, 0.3) is 0 Å². The van der Waals surface area contributed by atoms with E-state index in [1.807, 2.05) is 0 Å². The van der Waals surface area contributed by atoms with Crippen molar-refractivity contribution < 1.29 is 0 Å². The van der Waals surface area contributed by atoms with Gasteiger partial charge in [-0.15, -0.1) is 0 Å². The van der Waals surface area contributed by atoms with Gasteiger partial charge in [-0.2, -0.15) is 0 Å². The zero-order valence-corrected chi connectivity index (χ0v) is 9.79. The summed E-state index contributed by atoms with van der Waals surface area (Å²) in [5.41, 5.74) is 2.84. The molecular weight excluding hydrogens is 182 g/mol. The van der Waals surface area contributed by atoms with Crippen LogP contribution in [-0.2, 0) is 6.54 Å². The van der Waals surface area contributed by atoms with E-state index in [0.29, 0.717) is 0 Å². The Balaban J connectivity index is 1.78. The second-order valence-electron chi connectivity index (χ2n) is 4.70. The largest absolute Gasteiger partial charge is 0.310 e. The minimum absolute atomic E-state index is 0.796. The summed E-state index contributed by atoms with van der Waals surface area (Å²) in [5.74, 6) is 0.957. The van der Waals surface area contributed by atoms with E-state index in [1.54, 1.807) is 0 Å². The number of aryl methyl sites for hydroxylation is 1. The van der Waals surface area contributed by atoms with Gasteiger partial charge in [0, 0.05) is 12.6 Å². The van der Waals surface area contributed by atoms with Crippen LogP contribution >= 0.6 is 0 Å². The monoisotopic (exact) mass is 203 g/mol. The summed E-state index contributed by atoms with van der Waals surface area (Å²) in [5, 5.41) is 3.65. The Hall–Kier alpha value is -0.820. The molecule has 1 aliphatic rings. The van der Waals surface area contributed by atoms with Crippen LogP contribution in [0.15, 0.2) is 24.3 Å². The maximum Gasteiger partial charge on any atom is 0.0210 e. The molecule has 1 aliphatic carbocycles. The normalized spacial score (nSPS) is 24.1. The van der Waals surface area contributed by atoms with Gasteiger partial charge in [0.15, 0.2) is 0 Å². The fourth-order valence-electron chi connectivity index (χ4n) is 2.24. The lowest BCUT2D eigenvalue weighted by Crippen LogP contribution is -2.18. The van der Waals surface area contributed by atoms with Crippen LogP contribution < -0.4 is 5.32 Å². The van der Waals surface area contributed by atoms with E-state index in [-0.39, 0.29) is 0 Å². The highest BCUT2D eigenvalue weighted by Gasteiger charge is 2.35. The number of rotatable bonds is 5. The van der Waals surface area contributed by atoms with E-state index in [2.05, 4.69) is 43.4 Å². The Bertz CT molecular complexity index is 319. The van der Waals surface area contributed by atoms with Gasteiger partial charge in [-0.25, -0.2) is 0 Å². The number of hydrogen-bond donors (Lipinski definition) is 1. The Morgan fingerprint density at radius 3 is 2.87 bits per heavy atom. The minimum Gasteiger partial charge on any atom is -0.310 e. The topological polar surface area (TPSA) is 12.0 Å². The molecule has 2 rings (SSSR count). The maximum absolute atomic E-state index is 3.65. The minimum atomic E-state index is 0.796. The molecule has 1 nitrogen and oxygen atoms in total. The van der Waals surface area contributed by atoms with Crippen molar-refractivity contribution >= 4 is 0 Å². The Morgan fingerprint density at radius 2 is 2.13 bits per heavy atom. The summed E-state index contributed by atoms with van der Waals surface area (Å²) in [6.07, 6.45) is 4.11. The van der Waals surface area contributed by atoms with Crippen molar-refractivity contribution in [3.05, 3.63) is 35.4 Å². The third-order valence-corrected chi connectivity index (χ3v) is 3.40. The molecule has 2 atom stereocenters. The van der Waals surface area contributed by atoms with E-state index < -0.39 is 0 Å². The van der Waals surface area contributed by atoms with Crippen molar-refractivity contribution in [1.82, 2.24) is 5.32 Å². The smallest absolute Gasteiger partial charge is 0.0210 e. The Labute approximate surface area is 92.9 Å². The first-order valence-corrected chi connectivity index (χ1v) is 6.09. The molecule has 1 saturated carbocycles. The van der Waals surface area contributed by atoms with Crippen molar-refractivity contribution in [1.29, 1.82) is 0 Å². The van der Waals surface area contributed by atoms with Gasteiger partial charge in [0.1, 0.15) is 0 Å². The number of nitrogens with one attached hydrogen (secondary N) is 1. The van der Waals surface area contributed by atoms with Crippen LogP contribution in [-0.4, -0.2) is 6.04 Å². The van der Waals surface area contributed by atoms with Gasteiger partial charge < -0.3 is 5.32 Å². The first-order valence-electron chi connectivity index (χ1n) is 6.09. The third-order valence-electron chi connectivity index (χ3n) is 3.40. The zero-order chi connectivity index (χ0) is 10.7. The van der Waals surface area contributed by atoms with Crippen molar-refractivity contribution in [2.45, 2.75) is 45.7 Å². The Kier molecular flexibility index (Phi) is 3.42. The highest BCUT2D eigenvalue weighted by Crippen LogP contribution is 2.34. The van der Waals surface area contributed by atoms with Crippen LogP contribution in [0.1, 0.15) is 37.3 Å². The predicted octanol–water partition coefficient (Wildman–Crippen LogP) is 3.27. The summed E-state index contributed by atoms with van der Waals surface area (Å²) >= 11 is 0. The lowest BCUT2D eigenvalue weighted by atomic mass is 10.1. The highest BCUT2D eigenvalue weighted by atomic mass is 15.0. The predicted molar refractivity (Wildman–Crippen MR) is 64.8 cm³/mol. The molecule has 0 aliphatic heterocycles. The van der Waals surface area contributed by atoms with Crippen LogP contribution in [0.2, 0.25) is 0 Å². The van der Waals surface area contributed by atoms with Gasteiger partial charge in [0.2, 0.25) is 0 Å². The molecule has 2 unspecified atom stereocenters. The maximum atomic E-state index is 3.65. The van der Waals surface area contributed by atoms with Gasteiger partial charge in [-0.05, 0) is 36.8 Å². The van der Waals surface area contributed by atoms with E-state index in [4.69, 9.17) is 0 Å².